The summed E-state index contributed by atoms with van der Waals surface area (Å²) in [4.78, 5) is 8.48. The van der Waals surface area contributed by atoms with Gasteiger partial charge in [-0.3, -0.25) is 4.18 Å². The molecule has 1 aliphatic rings. The van der Waals surface area contributed by atoms with Crippen molar-refractivity contribution < 1.29 is 17.7 Å². The van der Waals surface area contributed by atoms with E-state index < -0.39 is 16.4 Å². The molecule has 0 spiro atoms. The van der Waals surface area contributed by atoms with Gasteiger partial charge in [-0.25, -0.2) is 15.1 Å². The molecule has 2 heterocycles. The Kier molecular flexibility index (Phi) is 4.23. The minimum atomic E-state index is -4.00. The fourth-order valence-electron chi connectivity index (χ4n) is 3.13. The molecule has 3 atom stereocenters. The molecule has 0 saturated heterocycles. The van der Waals surface area contributed by atoms with Gasteiger partial charge in [0.1, 0.15) is 17.8 Å². The molecule has 0 radical (unpaired) electrons. The fraction of sp³-hybridized carbons (Fsp3) is 0.538. The molecule has 0 aliphatic heterocycles. The first-order valence-corrected chi connectivity index (χ1v) is 8.70. The molecule has 2 aromatic rings. The molecule has 0 aromatic carbocycles. The third kappa shape index (κ3) is 3.29. The number of nitrogens with two attached hydrogens (primary N) is 1. The predicted molar refractivity (Wildman–Crippen MR) is 83.9 cm³/mol. The number of aromatic nitrogens is 3. The van der Waals surface area contributed by atoms with E-state index in [1.165, 1.54) is 6.33 Å². The van der Waals surface area contributed by atoms with E-state index in [2.05, 4.69) is 19.5 Å². The van der Waals surface area contributed by atoms with Gasteiger partial charge in [-0.15, -0.1) is 0 Å². The molecule has 2 aromatic heterocycles. The summed E-state index contributed by atoms with van der Waals surface area (Å²) in [6.45, 7) is -0.119. The van der Waals surface area contributed by atoms with Crippen molar-refractivity contribution in [2.24, 2.45) is 11.1 Å². The van der Waals surface area contributed by atoms with Crippen LogP contribution < -0.4 is 10.5 Å². The molecule has 3 rings (SSSR count). The van der Waals surface area contributed by atoms with Gasteiger partial charge in [0.25, 0.3) is 0 Å². The van der Waals surface area contributed by atoms with E-state index in [0.717, 1.165) is 16.9 Å². The number of hydrogen-bond acceptors (Lipinski definition) is 7. The van der Waals surface area contributed by atoms with Crippen molar-refractivity contribution in [2.45, 2.75) is 25.0 Å². The van der Waals surface area contributed by atoms with Gasteiger partial charge in [-0.05, 0) is 18.9 Å². The van der Waals surface area contributed by atoms with Crippen molar-refractivity contribution in [3.05, 3.63) is 18.6 Å². The number of rotatable bonds is 5. The number of aliphatic hydroxyl groups excluding tert-OH is 1. The molecular formula is C13H19N5O4S. The molecule has 23 heavy (non-hydrogen) atoms. The van der Waals surface area contributed by atoms with Gasteiger partial charge < -0.3 is 15.0 Å². The van der Waals surface area contributed by atoms with Crippen LogP contribution in [0.5, 0.6) is 0 Å². The summed E-state index contributed by atoms with van der Waals surface area (Å²) >= 11 is 0. The van der Waals surface area contributed by atoms with Crippen molar-refractivity contribution in [3.8, 4) is 0 Å². The minimum absolute atomic E-state index is 0.0104. The third-order valence-electron chi connectivity index (χ3n) is 4.22. The summed E-state index contributed by atoms with van der Waals surface area (Å²) in [5.74, 6) is 0.447. The smallest absolute Gasteiger partial charge is 0.333 e. The Morgan fingerprint density at radius 3 is 2.96 bits per heavy atom. The van der Waals surface area contributed by atoms with E-state index in [9.17, 15) is 13.5 Å². The van der Waals surface area contributed by atoms with E-state index in [1.807, 2.05) is 16.8 Å². The lowest BCUT2D eigenvalue weighted by Gasteiger charge is -2.14. The quantitative estimate of drug-likeness (QED) is 0.697. The molecule has 0 unspecified atom stereocenters. The van der Waals surface area contributed by atoms with Gasteiger partial charge >= 0.3 is 10.3 Å². The number of hydrogen-bond donors (Lipinski definition) is 3. The summed E-state index contributed by atoms with van der Waals surface area (Å²) in [6, 6.07) is 1.93. The minimum Gasteiger partial charge on any atom is -0.393 e. The van der Waals surface area contributed by atoms with E-state index in [1.54, 1.807) is 7.05 Å². The monoisotopic (exact) mass is 341 g/mol. The van der Waals surface area contributed by atoms with E-state index in [4.69, 9.17) is 5.14 Å². The maximum absolute atomic E-state index is 10.9. The van der Waals surface area contributed by atoms with Crippen molar-refractivity contribution in [1.82, 2.24) is 14.5 Å². The van der Waals surface area contributed by atoms with Crippen LogP contribution in [0, 0.1) is 5.92 Å². The highest BCUT2D eigenvalue weighted by molar-refractivity contribution is 7.84. The van der Waals surface area contributed by atoms with Crippen LogP contribution in [0.3, 0.4) is 0 Å². The predicted octanol–water partition coefficient (Wildman–Crippen LogP) is 0.00510. The summed E-state index contributed by atoms with van der Waals surface area (Å²) in [7, 11) is -2.21. The number of anilines is 1. The summed E-state index contributed by atoms with van der Waals surface area (Å²) in [5.41, 5.74) is 0.773. The third-order valence-corrected chi connectivity index (χ3v) is 4.68. The highest BCUT2D eigenvalue weighted by atomic mass is 32.2. The largest absolute Gasteiger partial charge is 0.393 e. The number of aliphatic hydroxyl groups is 1. The topological polar surface area (TPSA) is 132 Å². The zero-order chi connectivity index (χ0) is 16.6. The maximum atomic E-state index is 10.9. The number of nitrogens with zero attached hydrogens (tertiary/aromatic N) is 3. The lowest BCUT2D eigenvalue weighted by molar-refractivity contribution is 0.100. The Bertz CT molecular complexity index is 806. The molecule has 1 saturated carbocycles. The van der Waals surface area contributed by atoms with Gasteiger partial charge in [0.2, 0.25) is 0 Å². The fourth-order valence-corrected chi connectivity index (χ4v) is 3.49. The van der Waals surface area contributed by atoms with Crippen molar-refractivity contribution in [1.29, 1.82) is 0 Å². The Morgan fingerprint density at radius 2 is 2.26 bits per heavy atom. The first-order chi connectivity index (χ1) is 10.9. The van der Waals surface area contributed by atoms with Gasteiger partial charge in [0, 0.05) is 25.2 Å². The maximum Gasteiger partial charge on any atom is 0.333 e. The van der Waals surface area contributed by atoms with Crippen LogP contribution in [-0.4, -0.2) is 47.8 Å². The van der Waals surface area contributed by atoms with Crippen LogP contribution in [0.4, 0.5) is 5.82 Å². The molecular weight excluding hydrogens is 322 g/mol. The zero-order valence-corrected chi connectivity index (χ0v) is 13.4. The Balaban J connectivity index is 1.81. The lowest BCUT2D eigenvalue weighted by atomic mass is 10.1. The van der Waals surface area contributed by atoms with Crippen LogP contribution in [0.1, 0.15) is 18.9 Å². The molecule has 0 amide bonds. The normalized spacial score (nSPS) is 25.1. The van der Waals surface area contributed by atoms with Crippen LogP contribution >= 0.6 is 0 Å². The Labute approximate surface area is 133 Å². The first kappa shape index (κ1) is 16.1. The van der Waals surface area contributed by atoms with Crippen LogP contribution in [-0.2, 0) is 14.5 Å². The summed E-state index contributed by atoms with van der Waals surface area (Å²) in [6.07, 6.45) is 3.82. The van der Waals surface area contributed by atoms with Crippen LogP contribution in [0.2, 0.25) is 0 Å². The summed E-state index contributed by atoms with van der Waals surface area (Å²) in [5, 5.41) is 18.9. The molecule has 1 aliphatic carbocycles. The van der Waals surface area contributed by atoms with Crippen molar-refractivity contribution >= 4 is 27.2 Å². The second kappa shape index (κ2) is 6.04. The summed E-state index contributed by atoms with van der Waals surface area (Å²) < 4.78 is 28.4. The second-order valence-electron chi connectivity index (χ2n) is 5.66. The standard InChI is InChI=1S/C13H19N5O4S/c1-15-12-10-2-3-18(13(10)17-7-16-12)9-4-8(11(19)5-9)6-22-23(14,20)21/h2-3,7-9,11,19H,4-6H2,1H3,(H2,14,20,21)(H,15,16,17)/t8-,9+,11-/m0/s1. The van der Waals surface area contributed by atoms with Gasteiger partial charge in [0.15, 0.2) is 0 Å². The SMILES string of the molecule is CNc1ncnc2c1ccn2[C@@H]1C[C@@H](COS(N)(=O)=O)[C@@H](O)C1. The number of nitrogens with one attached hydrogen (secondary N) is 1. The zero-order valence-electron chi connectivity index (χ0n) is 12.6. The highest BCUT2D eigenvalue weighted by Gasteiger charge is 2.35. The van der Waals surface area contributed by atoms with E-state index >= 15 is 0 Å². The Morgan fingerprint density at radius 1 is 1.48 bits per heavy atom. The van der Waals surface area contributed by atoms with Crippen LogP contribution in [0.15, 0.2) is 18.6 Å². The molecule has 126 valence electrons. The molecule has 10 heteroatoms. The van der Waals surface area contributed by atoms with Gasteiger partial charge in [0.05, 0.1) is 18.1 Å². The molecule has 1 fully saturated rings. The van der Waals surface area contributed by atoms with E-state index in [-0.39, 0.29) is 18.6 Å². The Hall–Kier alpha value is -1.75. The van der Waals surface area contributed by atoms with Crippen LogP contribution in [0.25, 0.3) is 11.0 Å². The second-order valence-corrected chi connectivity index (χ2v) is 6.88. The molecule has 0 bridgehead atoms. The van der Waals surface area contributed by atoms with Crippen molar-refractivity contribution in [3.63, 3.8) is 0 Å². The number of fused-ring (bicyclic) bond motifs is 1. The lowest BCUT2D eigenvalue weighted by Crippen LogP contribution is -2.24. The molecule has 4 N–H and O–H groups in total. The molecule has 9 nitrogen and oxygen atoms in total. The average molecular weight is 341 g/mol. The van der Waals surface area contributed by atoms with E-state index in [0.29, 0.717) is 12.8 Å². The van der Waals surface area contributed by atoms with Gasteiger partial charge in [-0.2, -0.15) is 8.42 Å². The van der Waals surface area contributed by atoms with Crippen molar-refractivity contribution in [2.75, 3.05) is 19.0 Å². The first-order valence-electron chi connectivity index (χ1n) is 7.23. The average Bonchev–Trinajstić information content (AvgIpc) is 3.07. The van der Waals surface area contributed by atoms with Gasteiger partial charge in [-0.1, -0.05) is 0 Å². The highest BCUT2D eigenvalue weighted by Crippen LogP contribution is 2.37.